The van der Waals surface area contributed by atoms with Crippen LogP contribution in [0.2, 0.25) is 5.02 Å². The van der Waals surface area contributed by atoms with Gasteiger partial charge in [0.05, 0.1) is 29.5 Å². The Morgan fingerprint density at radius 1 is 1.00 bits per heavy atom. The van der Waals surface area contributed by atoms with Gasteiger partial charge in [-0.15, -0.1) is 21.5 Å². The molecule has 0 N–H and O–H groups in total. The lowest BCUT2D eigenvalue weighted by molar-refractivity contribution is -0.123. The Hall–Kier alpha value is -4.78. The Bertz CT molecular complexity index is 2150. The molecule has 2 aliphatic heterocycles. The van der Waals surface area contributed by atoms with Crippen molar-refractivity contribution in [3.63, 3.8) is 0 Å². The number of imide groups is 1. The molecule has 0 spiro atoms. The van der Waals surface area contributed by atoms with Gasteiger partial charge < -0.3 is 9.47 Å². The molecule has 3 aliphatic rings. The molecular formula is C39H38ClN5O6S. The van der Waals surface area contributed by atoms with E-state index in [1.165, 1.54) is 4.88 Å². The number of aliphatic imine (C=N–C) groups is 1. The summed E-state index contributed by atoms with van der Waals surface area (Å²) < 4.78 is 13.7. The van der Waals surface area contributed by atoms with Crippen molar-refractivity contribution in [2.24, 2.45) is 4.99 Å². The topological polar surface area (TPSA) is 133 Å². The lowest BCUT2D eigenvalue weighted by atomic mass is 9.89. The van der Waals surface area contributed by atoms with Gasteiger partial charge in [0.15, 0.2) is 11.6 Å². The van der Waals surface area contributed by atoms with Crippen LogP contribution in [0.25, 0.3) is 5.00 Å². The van der Waals surface area contributed by atoms with Gasteiger partial charge in [-0.1, -0.05) is 42.0 Å². The first-order valence-corrected chi connectivity index (χ1v) is 18.5. The van der Waals surface area contributed by atoms with E-state index in [2.05, 4.69) is 30.6 Å². The first-order valence-electron chi connectivity index (χ1n) is 17.3. The number of rotatable bonds is 12. The number of ether oxygens (including phenoxy) is 2. The summed E-state index contributed by atoms with van der Waals surface area (Å²) in [5.74, 6) is 0.496. The highest BCUT2D eigenvalue weighted by Crippen LogP contribution is 2.40. The van der Waals surface area contributed by atoms with Crippen LogP contribution in [0.4, 0.5) is 0 Å². The molecule has 2 amide bonds. The summed E-state index contributed by atoms with van der Waals surface area (Å²) in [5.41, 5.74) is 5.06. The number of hydrogen-bond donors (Lipinski definition) is 0. The van der Waals surface area contributed by atoms with E-state index in [0.29, 0.717) is 43.1 Å². The van der Waals surface area contributed by atoms with E-state index in [4.69, 9.17) is 26.1 Å². The van der Waals surface area contributed by atoms with Crippen LogP contribution in [0, 0.1) is 20.8 Å². The maximum Gasteiger partial charge on any atom is 0.266 e. The van der Waals surface area contributed by atoms with Crippen molar-refractivity contribution in [1.82, 2.24) is 19.7 Å². The molecule has 1 saturated carbocycles. The van der Waals surface area contributed by atoms with Gasteiger partial charge in [-0.05, 0) is 69.9 Å². The monoisotopic (exact) mass is 739 g/mol. The Morgan fingerprint density at radius 3 is 2.56 bits per heavy atom. The predicted octanol–water partition coefficient (Wildman–Crippen LogP) is 6.91. The number of thiophene rings is 1. The maximum atomic E-state index is 13.4. The highest BCUT2D eigenvalue weighted by atomic mass is 35.5. The van der Waals surface area contributed by atoms with Gasteiger partial charge in [0, 0.05) is 46.9 Å². The summed E-state index contributed by atoms with van der Waals surface area (Å²) in [6, 6.07) is 11.1. The summed E-state index contributed by atoms with van der Waals surface area (Å²) in [7, 11) is 0. The Morgan fingerprint density at radius 2 is 1.79 bits per heavy atom. The summed E-state index contributed by atoms with van der Waals surface area (Å²) in [4.78, 5) is 60.0. The number of carbonyl (C=O) groups is 4. The zero-order valence-corrected chi connectivity index (χ0v) is 30.8. The van der Waals surface area contributed by atoms with Crippen LogP contribution >= 0.6 is 22.9 Å². The fraction of sp³-hybridized carbons (Fsp3) is 0.359. The van der Waals surface area contributed by atoms with Crippen LogP contribution in [0.5, 0.6) is 5.75 Å². The van der Waals surface area contributed by atoms with Crippen molar-refractivity contribution in [3.8, 4) is 10.8 Å². The Kier molecular flexibility index (Phi) is 10.1. The zero-order chi connectivity index (χ0) is 36.7. The fourth-order valence-corrected chi connectivity index (χ4v) is 8.38. The second-order valence-electron chi connectivity index (χ2n) is 13.3. The van der Waals surface area contributed by atoms with Gasteiger partial charge in [-0.25, -0.2) is 0 Å². The quantitative estimate of drug-likeness (QED) is 0.0870. The summed E-state index contributed by atoms with van der Waals surface area (Å²) >= 11 is 7.88. The second-order valence-corrected chi connectivity index (χ2v) is 15.0. The molecule has 4 aromatic rings. The summed E-state index contributed by atoms with van der Waals surface area (Å²) in [6.45, 7) is 10.6. The highest BCUT2D eigenvalue weighted by molar-refractivity contribution is 7.15. The molecule has 7 rings (SSSR count). The molecule has 2 aromatic carbocycles. The third-order valence-electron chi connectivity index (χ3n) is 9.79. The normalized spacial score (nSPS) is 18.2. The minimum absolute atomic E-state index is 0.0303. The van der Waals surface area contributed by atoms with Gasteiger partial charge in [-0.3, -0.25) is 33.6 Å². The largest absolute Gasteiger partial charge is 0.490 e. The van der Waals surface area contributed by atoms with Gasteiger partial charge in [-0.2, -0.15) is 0 Å². The van der Waals surface area contributed by atoms with Crippen LogP contribution in [0.3, 0.4) is 0 Å². The average molecular weight is 740 g/mol. The van der Waals surface area contributed by atoms with Crippen molar-refractivity contribution in [2.45, 2.75) is 71.4 Å². The van der Waals surface area contributed by atoms with Crippen LogP contribution in [-0.4, -0.2) is 74.6 Å². The molecule has 0 saturated heterocycles. The number of ketones is 2. The molecule has 0 radical (unpaired) electrons. The molecule has 268 valence electrons. The number of benzene rings is 2. The van der Waals surface area contributed by atoms with E-state index >= 15 is 0 Å². The molecule has 1 aliphatic carbocycles. The van der Waals surface area contributed by atoms with Gasteiger partial charge in [0.25, 0.3) is 11.8 Å². The number of amides is 2. The van der Waals surface area contributed by atoms with Crippen LogP contribution in [-0.2, 0) is 14.3 Å². The molecule has 0 bridgehead atoms. The van der Waals surface area contributed by atoms with E-state index < -0.39 is 23.9 Å². The standard InChI is InChI=1S/C39H38ClN5O6S/c1-21-10-15-30(31(47)19-21)45-37(48)28-8-5-9-32(34(28)38(45)49)51-18-17-50-16-6-7-27(46)20-29-36-43-42-24(4)44(36)39-33(22(2)23(3)52-39)35(41-29)25-11-13-26(40)14-12-25/h5,8-9,11-14,29-30H,1,6-7,10,15-20H2,2-4H3/t29-,30?/m0/s1. The first kappa shape index (κ1) is 35.6. The number of aryl methyl sites for hydroxylation is 2. The number of allylic oxidation sites excluding steroid dienone is 1. The van der Waals surface area contributed by atoms with Crippen LogP contribution < -0.4 is 4.74 Å². The molecule has 1 unspecified atom stereocenters. The number of fused-ring (bicyclic) bond motifs is 4. The Balaban J connectivity index is 0.948. The molecule has 13 heteroatoms. The van der Waals surface area contributed by atoms with Gasteiger partial charge in [0.2, 0.25) is 0 Å². The highest BCUT2D eigenvalue weighted by Gasteiger charge is 2.45. The second kappa shape index (κ2) is 14.7. The van der Waals surface area contributed by atoms with Crippen molar-refractivity contribution in [3.05, 3.63) is 104 Å². The van der Waals surface area contributed by atoms with Crippen molar-refractivity contribution in [2.75, 3.05) is 19.8 Å². The molecule has 52 heavy (non-hydrogen) atoms. The lowest BCUT2D eigenvalue weighted by Gasteiger charge is -2.29. The molecular weight excluding hydrogens is 702 g/mol. The third-order valence-corrected chi connectivity index (χ3v) is 11.2. The van der Waals surface area contributed by atoms with E-state index in [1.54, 1.807) is 29.5 Å². The number of halogens is 1. The minimum Gasteiger partial charge on any atom is -0.490 e. The van der Waals surface area contributed by atoms with Crippen LogP contribution in [0.15, 0.2) is 59.6 Å². The number of Topliss-reactive ketones (excluding diaryl/α,β-unsaturated/α-hetero) is 2. The third kappa shape index (κ3) is 6.66. The lowest BCUT2D eigenvalue weighted by Crippen LogP contribution is -2.46. The zero-order valence-electron chi connectivity index (χ0n) is 29.2. The van der Waals surface area contributed by atoms with Gasteiger partial charge in [0.1, 0.15) is 35.0 Å². The van der Waals surface area contributed by atoms with E-state index in [9.17, 15) is 19.2 Å². The Labute approximate surface area is 310 Å². The van der Waals surface area contributed by atoms with E-state index in [0.717, 1.165) is 43.7 Å². The minimum atomic E-state index is -0.790. The van der Waals surface area contributed by atoms with Crippen molar-refractivity contribution < 1.29 is 28.7 Å². The van der Waals surface area contributed by atoms with Gasteiger partial charge >= 0.3 is 0 Å². The summed E-state index contributed by atoms with van der Waals surface area (Å²) in [6.07, 6.45) is 2.10. The van der Waals surface area contributed by atoms with E-state index in [-0.39, 0.29) is 54.5 Å². The first-order chi connectivity index (χ1) is 25.0. The average Bonchev–Trinajstić information content (AvgIpc) is 3.69. The number of hydrogen-bond acceptors (Lipinski definition) is 10. The number of carbonyl (C=O) groups excluding carboxylic acids is 4. The predicted molar refractivity (Wildman–Crippen MR) is 197 cm³/mol. The maximum absolute atomic E-state index is 13.4. The molecule has 4 heterocycles. The molecule has 2 atom stereocenters. The molecule has 1 fully saturated rings. The number of nitrogens with zero attached hydrogens (tertiary/aromatic N) is 5. The number of aromatic nitrogens is 3. The van der Waals surface area contributed by atoms with Crippen molar-refractivity contribution >= 4 is 52.0 Å². The molecule has 11 nitrogen and oxygen atoms in total. The van der Waals surface area contributed by atoms with Crippen molar-refractivity contribution in [1.29, 1.82) is 0 Å². The fourth-order valence-electron chi connectivity index (χ4n) is 7.04. The van der Waals surface area contributed by atoms with E-state index in [1.807, 2.05) is 35.8 Å². The molecule has 2 aromatic heterocycles. The smallest absolute Gasteiger partial charge is 0.266 e. The summed E-state index contributed by atoms with van der Waals surface area (Å²) in [5, 5.41) is 10.5. The van der Waals surface area contributed by atoms with Crippen LogP contribution in [0.1, 0.15) is 98.5 Å². The SMILES string of the molecule is C=C1CCC(N2C(=O)c3cccc(OCCOCCCC(=O)C[C@@H]4N=C(c5ccc(Cl)cc5)c5c(sc(C)c5C)-n5c(C)nnc54)c3C2=O)C(=O)C1.